The van der Waals surface area contributed by atoms with E-state index in [9.17, 15) is 8.42 Å². The first kappa shape index (κ1) is 17.4. The zero-order valence-corrected chi connectivity index (χ0v) is 14.6. The summed E-state index contributed by atoms with van der Waals surface area (Å²) >= 11 is 0. The van der Waals surface area contributed by atoms with Gasteiger partial charge in [-0.15, -0.1) is 0 Å². The van der Waals surface area contributed by atoms with Crippen molar-refractivity contribution in [1.29, 1.82) is 0 Å². The predicted molar refractivity (Wildman–Crippen MR) is 88.7 cm³/mol. The lowest BCUT2D eigenvalue weighted by Gasteiger charge is -2.12. The highest BCUT2D eigenvalue weighted by Crippen LogP contribution is 2.28. The molecule has 0 radical (unpaired) electrons. The van der Waals surface area contributed by atoms with E-state index < -0.39 is 10.0 Å². The third-order valence-corrected chi connectivity index (χ3v) is 5.10. The van der Waals surface area contributed by atoms with Gasteiger partial charge in [0.1, 0.15) is 16.4 Å². The summed E-state index contributed by atoms with van der Waals surface area (Å²) in [6.07, 6.45) is 0.619. The summed E-state index contributed by atoms with van der Waals surface area (Å²) in [7, 11) is -0.698. The van der Waals surface area contributed by atoms with E-state index in [4.69, 9.17) is 9.47 Å². The van der Waals surface area contributed by atoms with Crippen LogP contribution in [0.5, 0.6) is 11.5 Å². The average Bonchev–Trinajstić information content (AvgIpc) is 2.84. The molecule has 6 nitrogen and oxygen atoms in total. The van der Waals surface area contributed by atoms with Gasteiger partial charge in [-0.1, -0.05) is 0 Å². The monoisotopic (exact) mass is 338 g/mol. The molecule has 0 saturated carbocycles. The number of aromatic nitrogens is 1. The minimum absolute atomic E-state index is 0.0998. The number of aromatic amines is 1. The topological polar surface area (TPSA) is 80.4 Å². The molecule has 0 aliphatic carbocycles. The van der Waals surface area contributed by atoms with Crippen LogP contribution in [0, 0.1) is 13.8 Å². The highest BCUT2D eigenvalue weighted by atomic mass is 32.2. The van der Waals surface area contributed by atoms with E-state index in [-0.39, 0.29) is 10.6 Å². The summed E-state index contributed by atoms with van der Waals surface area (Å²) < 4.78 is 37.8. The molecular formula is C16H22N2O4S. The van der Waals surface area contributed by atoms with Crippen molar-refractivity contribution in [2.24, 2.45) is 0 Å². The molecule has 2 rings (SSSR count). The molecule has 23 heavy (non-hydrogen) atoms. The van der Waals surface area contributed by atoms with Crippen LogP contribution >= 0.6 is 0 Å². The maximum absolute atomic E-state index is 12.5. The predicted octanol–water partition coefficient (Wildman–Crippen LogP) is 2.17. The van der Waals surface area contributed by atoms with Crippen molar-refractivity contribution < 1.29 is 17.9 Å². The molecule has 0 unspecified atom stereocenters. The molecule has 0 aliphatic rings. The van der Waals surface area contributed by atoms with Gasteiger partial charge < -0.3 is 14.5 Å². The van der Waals surface area contributed by atoms with E-state index in [1.54, 1.807) is 12.1 Å². The highest BCUT2D eigenvalue weighted by molar-refractivity contribution is 7.89. The Balaban J connectivity index is 2.11. The molecule has 0 spiro atoms. The van der Waals surface area contributed by atoms with Crippen molar-refractivity contribution in [3.8, 4) is 11.5 Å². The molecule has 0 bridgehead atoms. The van der Waals surface area contributed by atoms with Crippen LogP contribution in [-0.4, -0.2) is 34.2 Å². The fourth-order valence-corrected chi connectivity index (χ4v) is 3.62. The zero-order chi connectivity index (χ0) is 17.0. The van der Waals surface area contributed by atoms with Gasteiger partial charge in [0.2, 0.25) is 10.0 Å². The lowest BCUT2D eigenvalue weighted by molar-refractivity contribution is 0.386. The Hall–Kier alpha value is -1.99. The van der Waals surface area contributed by atoms with Gasteiger partial charge in [-0.05, 0) is 44.0 Å². The van der Waals surface area contributed by atoms with Crippen LogP contribution < -0.4 is 14.2 Å². The molecule has 0 saturated heterocycles. The lowest BCUT2D eigenvalue weighted by atomic mass is 10.2. The van der Waals surface area contributed by atoms with Crippen LogP contribution in [0.3, 0.4) is 0 Å². The minimum atomic E-state index is -3.64. The van der Waals surface area contributed by atoms with Crippen LogP contribution in [0.15, 0.2) is 29.2 Å². The normalized spacial score (nSPS) is 11.5. The lowest BCUT2D eigenvalue weighted by Crippen LogP contribution is -2.26. The van der Waals surface area contributed by atoms with Gasteiger partial charge in [-0.2, -0.15) is 0 Å². The molecule has 2 N–H and O–H groups in total. The summed E-state index contributed by atoms with van der Waals surface area (Å²) in [6, 6.07) is 6.65. The van der Waals surface area contributed by atoms with E-state index in [1.165, 1.54) is 20.3 Å². The Morgan fingerprint density at radius 1 is 1.13 bits per heavy atom. The standard InChI is InChI=1S/C16H22N2O4S/c1-11-9-13(12(2)18-11)7-8-17-23(19,20)16-6-5-14(21-3)10-15(16)22-4/h5-6,9-10,17-18H,7-8H2,1-4H3. The number of methoxy groups -OCH3 is 2. The van der Waals surface area contributed by atoms with E-state index in [1.807, 2.05) is 19.9 Å². The summed E-state index contributed by atoms with van der Waals surface area (Å²) in [5, 5.41) is 0. The van der Waals surface area contributed by atoms with Gasteiger partial charge in [0.25, 0.3) is 0 Å². The molecule has 2 aromatic rings. The van der Waals surface area contributed by atoms with Gasteiger partial charge in [0, 0.05) is 24.0 Å². The first-order valence-corrected chi connectivity index (χ1v) is 8.72. The fourth-order valence-electron chi connectivity index (χ4n) is 2.44. The van der Waals surface area contributed by atoms with Crippen molar-refractivity contribution in [2.75, 3.05) is 20.8 Å². The molecule has 1 heterocycles. The minimum Gasteiger partial charge on any atom is -0.497 e. The Kier molecular flexibility index (Phi) is 5.33. The van der Waals surface area contributed by atoms with Crippen molar-refractivity contribution >= 4 is 10.0 Å². The van der Waals surface area contributed by atoms with Crippen LogP contribution in [0.4, 0.5) is 0 Å². The molecule has 0 aliphatic heterocycles. The number of sulfonamides is 1. The van der Waals surface area contributed by atoms with Gasteiger partial charge in [0.05, 0.1) is 14.2 Å². The smallest absolute Gasteiger partial charge is 0.244 e. The Morgan fingerprint density at radius 2 is 1.87 bits per heavy atom. The van der Waals surface area contributed by atoms with E-state index in [0.717, 1.165) is 17.0 Å². The highest BCUT2D eigenvalue weighted by Gasteiger charge is 2.19. The van der Waals surface area contributed by atoms with E-state index >= 15 is 0 Å². The second-order valence-corrected chi connectivity index (χ2v) is 7.00. The number of rotatable bonds is 7. The number of ether oxygens (including phenoxy) is 2. The van der Waals surface area contributed by atoms with Crippen molar-refractivity contribution in [3.63, 3.8) is 0 Å². The molecule has 0 amide bonds. The van der Waals surface area contributed by atoms with Crippen LogP contribution in [0.2, 0.25) is 0 Å². The number of benzene rings is 1. The Bertz CT molecular complexity index is 781. The Morgan fingerprint density at radius 3 is 2.43 bits per heavy atom. The maximum Gasteiger partial charge on any atom is 0.244 e. The first-order valence-electron chi connectivity index (χ1n) is 7.24. The average molecular weight is 338 g/mol. The van der Waals surface area contributed by atoms with Crippen molar-refractivity contribution in [3.05, 3.63) is 41.2 Å². The van der Waals surface area contributed by atoms with Crippen molar-refractivity contribution in [2.45, 2.75) is 25.2 Å². The maximum atomic E-state index is 12.5. The SMILES string of the molecule is COc1ccc(S(=O)(=O)NCCc2cc(C)[nH]c2C)c(OC)c1. The third kappa shape index (κ3) is 4.05. The largest absolute Gasteiger partial charge is 0.497 e. The fraction of sp³-hybridized carbons (Fsp3) is 0.375. The summed E-state index contributed by atoms with van der Waals surface area (Å²) in [5.41, 5.74) is 3.23. The number of H-pyrrole nitrogens is 1. The number of hydrogen-bond acceptors (Lipinski definition) is 4. The van der Waals surface area contributed by atoms with E-state index in [0.29, 0.717) is 18.7 Å². The van der Waals surface area contributed by atoms with Crippen LogP contribution in [0.1, 0.15) is 17.0 Å². The van der Waals surface area contributed by atoms with Crippen LogP contribution in [0.25, 0.3) is 0 Å². The molecule has 7 heteroatoms. The van der Waals surface area contributed by atoms with Gasteiger partial charge >= 0.3 is 0 Å². The molecule has 1 aromatic heterocycles. The Labute approximate surface area is 136 Å². The summed E-state index contributed by atoms with van der Waals surface area (Å²) in [6.45, 7) is 4.27. The molecular weight excluding hydrogens is 316 g/mol. The molecule has 126 valence electrons. The van der Waals surface area contributed by atoms with E-state index in [2.05, 4.69) is 9.71 Å². The summed E-state index contributed by atoms with van der Waals surface area (Å²) in [5.74, 6) is 0.796. The second-order valence-electron chi connectivity index (χ2n) is 5.27. The van der Waals surface area contributed by atoms with Crippen molar-refractivity contribution in [1.82, 2.24) is 9.71 Å². The molecule has 0 fully saturated rings. The summed E-state index contributed by atoms with van der Waals surface area (Å²) in [4.78, 5) is 3.31. The first-order chi connectivity index (χ1) is 10.9. The van der Waals surface area contributed by atoms with Crippen LogP contribution in [-0.2, 0) is 16.4 Å². The molecule has 0 atom stereocenters. The quantitative estimate of drug-likeness (QED) is 0.811. The van der Waals surface area contributed by atoms with Gasteiger partial charge in [-0.3, -0.25) is 0 Å². The molecule has 1 aromatic carbocycles. The van der Waals surface area contributed by atoms with Gasteiger partial charge in [0.15, 0.2) is 0 Å². The van der Waals surface area contributed by atoms with Gasteiger partial charge in [-0.25, -0.2) is 13.1 Å². The number of aryl methyl sites for hydroxylation is 2. The zero-order valence-electron chi connectivity index (χ0n) is 13.8. The second kappa shape index (κ2) is 7.06. The number of nitrogens with one attached hydrogen (secondary N) is 2. The third-order valence-electron chi connectivity index (χ3n) is 3.60. The number of hydrogen-bond donors (Lipinski definition) is 2.